The Bertz CT molecular complexity index is 864. The summed E-state index contributed by atoms with van der Waals surface area (Å²) in [6.45, 7) is 2.80. The number of imide groups is 2. The molecule has 1 aliphatic rings. The Balaban J connectivity index is 1.52. The van der Waals surface area contributed by atoms with Crippen molar-refractivity contribution in [2.75, 3.05) is 13.2 Å². The van der Waals surface area contributed by atoms with E-state index in [1.165, 1.54) is 11.6 Å². The van der Waals surface area contributed by atoms with Crippen molar-refractivity contribution in [1.82, 2.24) is 10.6 Å². The highest BCUT2D eigenvalue weighted by Gasteiger charge is 2.27. The average Bonchev–Trinajstić information content (AvgIpc) is 2.64. The van der Waals surface area contributed by atoms with Crippen molar-refractivity contribution >= 4 is 23.9 Å². The summed E-state index contributed by atoms with van der Waals surface area (Å²) in [6, 6.07) is 13.8. The van der Waals surface area contributed by atoms with Crippen LogP contribution in [0.25, 0.3) is 6.08 Å². The molecule has 1 saturated heterocycles. The Hall–Kier alpha value is -3.61. The summed E-state index contributed by atoms with van der Waals surface area (Å²) in [5.74, 6) is -0.0271. The molecule has 1 aliphatic heterocycles. The summed E-state index contributed by atoms with van der Waals surface area (Å²) in [7, 11) is 0. The molecule has 0 saturated carbocycles. The number of urea groups is 1. The van der Waals surface area contributed by atoms with Gasteiger partial charge in [-0.3, -0.25) is 20.2 Å². The Morgan fingerprint density at radius 2 is 1.26 bits per heavy atom. The summed E-state index contributed by atoms with van der Waals surface area (Å²) in [6.07, 6.45) is 1.40. The van der Waals surface area contributed by atoms with Gasteiger partial charge in [-0.15, -0.1) is 0 Å². The van der Waals surface area contributed by atoms with Crippen LogP contribution in [-0.2, 0) is 9.59 Å². The molecule has 0 spiro atoms. The standard InChI is InChI=1S/C20H18N2O5/c1-13-2-6-15(7-3-13)26-10-11-27-16-8-4-14(5-9-16)12-17-18(23)21-20(25)22-19(17)24/h2-9,12H,10-11H2,1H3,(H2,21,22,23,24,25). The highest BCUT2D eigenvalue weighted by atomic mass is 16.5. The number of hydrogen-bond donors (Lipinski definition) is 2. The van der Waals surface area contributed by atoms with Crippen LogP contribution < -0.4 is 20.1 Å². The van der Waals surface area contributed by atoms with Crippen molar-refractivity contribution in [2.24, 2.45) is 0 Å². The summed E-state index contributed by atoms with van der Waals surface area (Å²) < 4.78 is 11.2. The Morgan fingerprint density at radius 1 is 0.778 bits per heavy atom. The first-order chi connectivity index (χ1) is 13.0. The maximum atomic E-state index is 11.7. The fourth-order valence-electron chi connectivity index (χ4n) is 2.39. The van der Waals surface area contributed by atoms with E-state index in [1.54, 1.807) is 24.3 Å². The number of carbonyl (C=O) groups is 3. The average molecular weight is 366 g/mol. The summed E-state index contributed by atoms with van der Waals surface area (Å²) in [5.41, 5.74) is 1.67. The van der Waals surface area contributed by atoms with Crippen molar-refractivity contribution in [2.45, 2.75) is 6.92 Å². The second-order valence-corrected chi connectivity index (χ2v) is 5.87. The molecule has 0 radical (unpaired) electrons. The van der Waals surface area contributed by atoms with Gasteiger partial charge in [0.25, 0.3) is 11.8 Å². The molecule has 7 heteroatoms. The Kier molecular flexibility index (Phi) is 5.51. The maximum Gasteiger partial charge on any atom is 0.328 e. The molecule has 138 valence electrons. The second-order valence-electron chi connectivity index (χ2n) is 5.87. The molecule has 2 aromatic carbocycles. The zero-order valence-electron chi connectivity index (χ0n) is 14.7. The molecule has 0 aliphatic carbocycles. The lowest BCUT2D eigenvalue weighted by molar-refractivity contribution is -0.123. The van der Waals surface area contributed by atoms with E-state index in [-0.39, 0.29) is 5.57 Å². The van der Waals surface area contributed by atoms with Crippen LogP contribution in [0.2, 0.25) is 0 Å². The number of rotatable bonds is 6. The number of hydrogen-bond acceptors (Lipinski definition) is 5. The van der Waals surface area contributed by atoms with E-state index in [9.17, 15) is 14.4 Å². The van der Waals surface area contributed by atoms with Gasteiger partial charge in [-0.2, -0.15) is 0 Å². The number of amides is 4. The van der Waals surface area contributed by atoms with Crippen molar-refractivity contribution in [1.29, 1.82) is 0 Å². The lowest BCUT2D eigenvalue weighted by Crippen LogP contribution is -2.51. The normalized spacial score (nSPS) is 13.7. The van der Waals surface area contributed by atoms with Crippen LogP contribution in [0.5, 0.6) is 11.5 Å². The molecule has 4 amide bonds. The highest BCUT2D eigenvalue weighted by molar-refractivity contribution is 6.31. The fraction of sp³-hybridized carbons (Fsp3) is 0.150. The van der Waals surface area contributed by atoms with Crippen molar-refractivity contribution in [3.05, 3.63) is 65.2 Å². The first-order valence-corrected chi connectivity index (χ1v) is 8.32. The molecule has 1 heterocycles. The Morgan fingerprint density at radius 3 is 1.78 bits per heavy atom. The monoisotopic (exact) mass is 366 g/mol. The maximum absolute atomic E-state index is 11.7. The van der Waals surface area contributed by atoms with E-state index in [0.29, 0.717) is 24.5 Å². The van der Waals surface area contributed by atoms with Crippen molar-refractivity contribution < 1.29 is 23.9 Å². The van der Waals surface area contributed by atoms with Crippen LogP contribution in [-0.4, -0.2) is 31.1 Å². The molecular formula is C20H18N2O5. The molecular weight excluding hydrogens is 348 g/mol. The fourth-order valence-corrected chi connectivity index (χ4v) is 2.39. The van der Waals surface area contributed by atoms with Crippen molar-refractivity contribution in [3.8, 4) is 11.5 Å². The first kappa shape index (κ1) is 18.2. The predicted octanol–water partition coefficient (Wildman–Crippen LogP) is 2.20. The topological polar surface area (TPSA) is 93.7 Å². The van der Waals surface area contributed by atoms with Gasteiger partial charge in [0.1, 0.15) is 30.3 Å². The highest BCUT2D eigenvalue weighted by Crippen LogP contribution is 2.16. The third-order valence-electron chi connectivity index (χ3n) is 3.78. The molecule has 0 aromatic heterocycles. The summed E-state index contributed by atoms with van der Waals surface area (Å²) >= 11 is 0. The zero-order valence-corrected chi connectivity index (χ0v) is 14.7. The van der Waals surface area contributed by atoms with E-state index in [0.717, 1.165) is 5.75 Å². The minimum Gasteiger partial charge on any atom is -0.490 e. The SMILES string of the molecule is Cc1ccc(OCCOc2ccc(C=C3C(=O)NC(=O)NC3=O)cc2)cc1. The van der Waals surface area contributed by atoms with Crippen LogP contribution in [0.1, 0.15) is 11.1 Å². The number of ether oxygens (including phenoxy) is 2. The molecule has 2 N–H and O–H groups in total. The van der Waals surface area contributed by atoms with Crippen LogP contribution in [0.15, 0.2) is 54.1 Å². The molecule has 27 heavy (non-hydrogen) atoms. The third-order valence-corrected chi connectivity index (χ3v) is 3.78. The Labute approximate surface area is 156 Å². The lowest BCUT2D eigenvalue weighted by Gasteiger charge is -2.14. The zero-order chi connectivity index (χ0) is 19.2. The lowest BCUT2D eigenvalue weighted by atomic mass is 10.1. The number of nitrogens with one attached hydrogen (secondary N) is 2. The molecule has 0 bridgehead atoms. The van der Waals surface area contributed by atoms with E-state index in [2.05, 4.69) is 0 Å². The predicted molar refractivity (Wildman–Crippen MR) is 98.3 cm³/mol. The van der Waals surface area contributed by atoms with Gasteiger partial charge in [0.05, 0.1) is 0 Å². The van der Waals surface area contributed by atoms with Gasteiger partial charge in [-0.1, -0.05) is 29.8 Å². The minimum absolute atomic E-state index is 0.130. The van der Waals surface area contributed by atoms with E-state index in [4.69, 9.17) is 9.47 Å². The van der Waals surface area contributed by atoms with Crippen LogP contribution in [0.3, 0.4) is 0 Å². The molecule has 2 aromatic rings. The number of benzene rings is 2. The van der Waals surface area contributed by atoms with Gasteiger partial charge in [0.2, 0.25) is 0 Å². The van der Waals surface area contributed by atoms with E-state index in [1.807, 2.05) is 41.8 Å². The third kappa shape index (κ3) is 4.94. The van der Waals surface area contributed by atoms with Gasteiger partial charge in [-0.05, 0) is 42.8 Å². The minimum atomic E-state index is -0.821. The smallest absolute Gasteiger partial charge is 0.328 e. The summed E-state index contributed by atoms with van der Waals surface area (Å²) in [4.78, 5) is 34.4. The van der Waals surface area contributed by atoms with Crippen LogP contribution in [0.4, 0.5) is 4.79 Å². The van der Waals surface area contributed by atoms with Gasteiger partial charge in [-0.25, -0.2) is 4.79 Å². The van der Waals surface area contributed by atoms with Gasteiger partial charge in [0, 0.05) is 0 Å². The number of aryl methyl sites for hydroxylation is 1. The molecule has 0 unspecified atom stereocenters. The van der Waals surface area contributed by atoms with Gasteiger partial charge < -0.3 is 9.47 Å². The van der Waals surface area contributed by atoms with E-state index < -0.39 is 17.8 Å². The van der Waals surface area contributed by atoms with Crippen molar-refractivity contribution in [3.63, 3.8) is 0 Å². The number of carbonyl (C=O) groups excluding carboxylic acids is 3. The van der Waals surface area contributed by atoms with Gasteiger partial charge >= 0.3 is 6.03 Å². The first-order valence-electron chi connectivity index (χ1n) is 8.32. The number of barbiturate groups is 1. The largest absolute Gasteiger partial charge is 0.490 e. The molecule has 7 nitrogen and oxygen atoms in total. The van der Waals surface area contributed by atoms with Gasteiger partial charge in [0.15, 0.2) is 0 Å². The molecule has 3 rings (SSSR count). The molecule has 1 fully saturated rings. The second kappa shape index (κ2) is 8.18. The van der Waals surface area contributed by atoms with Crippen LogP contribution in [0, 0.1) is 6.92 Å². The van der Waals surface area contributed by atoms with E-state index >= 15 is 0 Å². The quantitative estimate of drug-likeness (QED) is 0.464. The summed E-state index contributed by atoms with van der Waals surface area (Å²) in [5, 5.41) is 4.05. The van der Waals surface area contributed by atoms with Crippen LogP contribution >= 0.6 is 0 Å². The molecule has 0 atom stereocenters.